The number of pyridine rings is 1. The lowest BCUT2D eigenvalue weighted by molar-refractivity contribution is -0.137. The highest BCUT2D eigenvalue weighted by atomic mass is 19.4. The minimum absolute atomic E-state index is 0.122. The van der Waals surface area contributed by atoms with Crippen molar-refractivity contribution in [1.82, 2.24) is 15.2 Å². The Labute approximate surface area is 171 Å². The average Bonchev–Trinajstić information content (AvgIpc) is 3.28. The Morgan fingerprint density at radius 3 is 2.80 bits per heavy atom. The normalized spacial score (nSPS) is 17.0. The quantitative estimate of drug-likeness (QED) is 0.665. The Kier molecular flexibility index (Phi) is 5.43. The van der Waals surface area contributed by atoms with E-state index in [0.717, 1.165) is 17.3 Å². The van der Waals surface area contributed by atoms with E-state index < -0.39 is 17.7 Å². The van der Waals surface area contributed by atoms with Crippen LogP contribution in [0.4, 0.5) is 24.7 Å². The molecule has 3 aromatic rings. The molecule has 1 aliphatic rings. The second-order valence-electron chi connectivity index (χ2n) is 7.20. The molecule has 0 saturated carbocycles. The summed E-state index contributed by atoms with van der Waals surface area (Å²) in [5.74, 6) is -0.771. The number of hydrogen-bond acceptors (Lipinski definition) is 4. The molecule has 6 nitrogen and oxygen atoms in total. The molecule has 3 heterocycles. The Morgan fingerprint density at radius 1 is 1.17 bits per heavy atom. The van der Waals surface area contributed by atoms with Gasteiger partial charge in [0.1, 0.15) is 5.82 Å². The third-order valence-electron chi connectivity index (χ3n) is 5.13. The molecule has 1 aromatic carbocycles. The van der Waals surface area contributed by atoms with E-state index in [1.807, 2.05) is 24.3 Å². The molecule has 1 atom stereocenters. The number of nitrogens with zero attached hydrogens (tertiary/aromatic N) is 3. The van der Waals surface area contributed by atoms with Crippen molar-refractivity contribution in [3.63, 3.8) is 0 Å². The van der Waals surface area contributed by atoms with Gasteiger partial charge in [-0.15, -0.1) is 0 Å². The molecule has 2 aromatic heterocycles. The van der Waals surface area contributed by atoms with E-state index in [1.54, 1.807) is 17.2 Å². The molecule has 9 heteroatoms. The Bertz CT molecular complexity index is 1020. The molecule has 0 spiro atoms. The van der Waals surface area contributed by atoms with Gasteiger partial charge in [0, 0.05) is 36.7 Å². The highest BCUT2D eigenvalue weighted by Gasteiger charge is 2.37. The number of nitrogens with one attached hydrogen (secondary N) is 2. The lowest BCUT2D eigenvalue weighted by Crippen LogP contribution is -2.42. The molecular weight excluding hydrogens is 395 g/mol. The fourth-order valence-electron chi connectivity index (χ4n) is 3.68. The number of carbonyl (C=O) groups excluding carboxylic acids is 1. The van der Waals surface area contributed by atoms with Crippen LogP contribution >= 0.6 is 0 Å². The van der Waals surface area contributed by atoms with Crippen LogP contribution in [0.2, 0.25) is 0 Å². The van der Waals surface area contributed by atoms with Crippen molar-refractivity contribution in [2.24, 2.45) is 5.92 Å². The maximum absolute atomic E-state index is 13.3. The zero-order chi connectivity index (χ0) is 21.1. The van der Waals surface area contributed by atoms with E-state index in [9.17, 15) is 18.0 Å². The zero-order valence-electron chi connectivity index (χ0n) is 16.0. The number of H-pyrrole nitrogens is 1. The highest BCUT2D eigenvalue weighted by Crippen LogP contribution is 2.36. The van der Waals surface area contributed by atoms with Crippen LogP contribution < -0.4 is 10.2 Å². The first-order chi connectivity index (χ1) is 14.4. The number of piperidine rings is 1. The third kappa shape index (κ3) is 4.29. The molecule has 1 aliphatic heterocycles. The van der Waals surface area contributed by atoms with Crippen LogP contribution in [0.1, 0.15) is 18.4 Å². The second kappa shape index (κ2) is 8.17. The van der Waals surface area contributed by atoms with Gasteiger partial charge in [0.15, 0.2) is 0 Å². The molecular formula is C21H20F3N5O. The largest absolute Gasteiger partial charge is 0.419 e. The fraction of sp³-hybridized carbons (Fsp3) is 0.286. The van der Waals surface area contributed by atoms with Crippen LogP contribution in [0.25, 0.3) is 11.3 Å². The zero-order valence-corrected chi connectivity index (χ0v) is 16.0. The van der Waals surface area contributed by atoms with Gasteiger partial charge in [-0.25, -0.2) is 4.98 Å². The van der Waals surface area contributed by atoms with Gasteiger partial charge in [0.25, 0.3) is 0 Å². The van der Waals surface area contributed by atoms with Gasteiger partial charge in [-0.1, -0.05) is 12.1 Å². The van der Waals surface area contributed by atoms with E-state index in [0.29, 0.717) is 25.1 Å². The molecule has 1 saturated heterocycles. The summed E-state index contributed by atoms with van der Waals surface area (Å²) in [5.41, 5.74) is 1.54. The number of rotatable bonds is 4. The van der Waals surface area contributed by atoms with Gasteiger partial charge < -0.3 is 10.2 Å². The van der Waals surface area contributed by atoms with E-state index in [1.165, 1.54) is 12.3 Å². The van der Waals surface area contributed by atoms with Crippen molar-refractivity contribution in [1.29, 1.82) is 0 Å². The standard InChI is InChI=1S/C21H20F3N5O/c22-21(23,24)17-7-2-9-25-19(17)29-11-3-5-15(13-29)20(30)27-16-6-1-4-14(12-16)18-8-10-26-28-18/h1-2,4,6-10,12,15H,3,5,11,13H2,(H,26,28)(H,27,30). The Hall–Kier alpha value is -3.36. The summed E-state index contributed by atoms with van der Waals surface area (Å²) in [4.78, 5) is 18.3. The average molecular weight is 415 g/mol. The summed E-state index contributed by atoms with van der Waals surface area (Å²) in [5, 5.41) is 9.68. The van der Waals surface area contributed by atoms with Gasteiger partial charge >= 0.3 is 6.18 Å². The van der Waals surface area contributed by atoms with E-state index >= 15 is 0 Å². The van der Waals surface area contributed by atoms with Crippen LogP contribution in [0, 0.1) is 5.92 Å². The molecule has 0 bridgehead atoms. The summed E-state index contributed by atoms with van der Waals surface area (Å²) in [7, 11) is 0. The molecule has 2 N–H and O–H groups in total. The van der Waals surface area contributed by atoms with Gasteiger partial charge in [-0.3, -0.25) is 9.89 Å². The number of halogens is 3. The summed E-state index contributed by atoms with van der Waals surface area (Å²) in [6, 6.07) is 11.4. The predicted octanol–water partition coefficient (Wildman–Crippen LogP) is 4.35. The number of amides is 1. The lowest BCUT2D eigenvalue weighted by atomic mass is 9.96. The van der Waals surface area contributed by atoms with Gasteiger partial charge in [-0.2, -0.15) is 18.3 Å². The van der Waals surface area contributed by atoms with Gasteiger partial charge in [-0.05, 0) is 43.2 Å². The van der Waals surface area contributed by atoms with Crippen LogP contribution in [0.15, 0.2) is 54.9 Å². The minimum atomic E-state index is -4.49. The monoisotopic (exact) mass is 415 g/mol. The fourth-order valence-corrected chi connectivity index (χ4v) is 3.68. The van der Waals surface area contributed by atoms with Crippen LogP contribution in [-0.2, 0) is 11.0 Å². The summed E-state index contributed by atoms with van der Waals surface area (Å²) >= 11 is 0. The molecule has 30 heavy (non-hydrogen) atoms. The number of alkyl halides is 3. The SMILES string of the molecule is O=C(Nc1cccc(-c2ccn[nH]2)c1)C1CCCN(c2ncccc2C(F)(F)F)C1. The molecule has 156 valence electrons. The predicted molar refractivity (Wildman–Crippen MR) is 107 cm³/mol. The first-order valence-corrected chi connectivity index (χ1v) is 9.59. The van der Waals surface area contributed by atoms with Crippen molar-refractivity contribution in [2.45, 2.75) is 19.0 Å². The van der Waals surface area contributed by atoms with E-state index in [2.05, 4.69) is 20.5 Å². The van der Waals surface area contributed by atoms with E-state index in [4.69, 9.17) is 0 Å². The van der Waals surface area contributed by atoms with Crippen LogP contribution in [0.3, 0.4) is 0 Å². The van der Waals surface area contributed by atoms with Gasteiger partial charge in [0.2, 0.25) is 5.91 Å². The van der Waals surface area contributed by atoms with Gasteiger partial charge in [0.05, 0.1) is 17.2 Å². The smallest absolute Gasteiger partial charge is 0.355 e. The lowest BCUT2D eigenvalue weighted by Gasteiger charge is -2.34. The Morgan fingerprint density at radius 2 is 2.03 bits per heavy atom. The molecule has 1 amide bonds. The molecule has 0 aliphatic carbocycles. The molecule has 1 unspecified atom stereocenters. The number of carbonyl (C=O) groups is 1. The van der Waals surface area contributed by atoms with Crippen molar-refractivity contribution in [2.75, 3.05) is 23.3 Å². The number of anilines is 2. The molecule has 4 rings (SSSR count). The van der Waals surface area contributed by atoms with Crippen LogP contribution in [-0.4, -0.2) is 34.2 Å². The number of aromatic nitrogens is 3. The first kappa shape index (κ1) is 19.9. The minimum Gasteiger partial charge on any atom is -0.355 e. The topological polar surface area (TPSA) is 73.9 Å². The van der Waals surface area contributed by atoms with Crippen molar-refractivity contribution >= 4 is 17.4 Å². The number of hydrogen-bond donors (Lipinski definition) is 2. The highest BCUT2D eigenvalue weighted by molar-refractivity contribution is 5.93. The van der Waals surface area contributed by atoms with Crippen molar-refractivity contribution in [3.8, 4) is 11.3 Å². The van der Waals surface area contributed by atoms with E-state index in [-0.39, 0.29) is 18.3 Å². The second-order valence-corrected chi connectivity index (χ2v) is 7.20. The van der Waals surface area contributed by atoms with Crippen molar-refractivity contribution in [3.05, 3.63) is 60.4 Å². The third-order valence-corrected chi connectivity index (χ3v) is 5.13. The number of aromatic amines is 1. The Balaban J connectivity index is 1.48. The van der Waals surface area contributed by atoms with Crippen molar-refractivity contribution < 1.29 is 18.0 Å². The maximum atomic E-state index is 13.3. The summed E-state index contributed by atoms with van der Waals surface area (Å²) < 4.78 is 40.0. The first-order valence-electron chi connectivity index (χ1n) is 9.59. The summed E-state index contributed by atoms with van der Waals surface area (Å²) in [6.07, 6.45) is -0.290. The maximum Gasteiger partial charge on any atom is 0.419 e. The number of benzene rings is 1. The molecule has 1 fully saturated rings. The molecule has 0 radical (unpaired) electrons. The van der Waals surface area contributed by atoms with Crippen LogP contribution in [0.5, 0.6) is 0 Å². The summed E-state index contributed by atoms with van der Waals surface area (Å²) in [6.45, 7) is 0.616.